The molecule has 1 N–H and O–H groups in total. The summed E-state index contributed by atoms with van der Waals surface area (Å²) in [5, 5.41) is 7.02. The molecule has 4 rings (SSSR count). The molecule has 5 nitrogen and oxygen atoms in total. The molecule has 1 amide bonds. The van der Waals surface area contributed by atoms with Gasteiger partial charge in [-0.05, 0) is 32.0 Å². The van der Waals surface area contributed by atoms with Crippen molar-refractivity contribution < 1.29 is 4.79 Å². The fourth-order valence-corrected chi connectivity index (χ4v) is 5.16. The molecule has 28 heavy (non-hydrogen) atoms. The van der Waals surface area contributed by atoms with E-state index in [1.807, 2.05) is 25.3 Å². The number of hydrogen-bond donors (Lipinski definition) is 1. The molecule has 0 aliphatic rings. The van der Waals surface area contributed by atoms with Gasteiger partial charge in [-0.1, -0.05) is 40.6 Å². The van der Waals surface area contributed by atoms with Crippen LogP contribution < -0.4 is 5.32 Å². The number of nitrogens with zero attached hydrogens (tertiary/aromatic N) is 3. The highest BCUT2D eigenvalue weighted by atomic mass is 35.5. The fraction of sp³-hybridized carbons (Fsp3) is 0.158. The zero-order valence-corrected chi connectivity index (χ0v) is 18.0. The van der Waals surface area contributed by atoms with E-state index in [1.165, 1.54) is 22.7 Å². The van der Waals surface area contributed by atoms with Gasteiger partial charge in [-0.15, -0.1) is 11.3 Å². The molecule has 0 radical (unpaired) electrons. The summed E-state index contributed by atoms with van der Waals surface area (Å²) in [5.41, 5.74) is 1.21. The summed E-state index contributed by atoms with van der Waals surface area (Å²) in [6.07, 6.45) is 3.37. The summed E-state index contributed by atoms with van der Waals surface area (Å²) in [4.78, 5) is 26.0. The molecule has 3 aromatic heterocycles. The van der Waals surface area contributed by atoms with Crippen LogP contribution in [0.3, 0.4) is 0 Å². The molecule has 0 aliphatic heterocycles. The maximum absolute atomic E-state index is 12.9. The molecule has 0 atom stereocenters. The summed E-state index contributed by atoms with van der Waals surface area (Å²) in [5.74, 6) is -0.193. The van der Waals surface area contributed by atoms with E-state index in [0.29, 0.717) is 31.4 Å². The van der Waals surface area contributed by atoms with Gasteiger partial charge < -0.3 is 5.32 Å². The number of aromatic nitrogens is 3. The Bertz CT molecular complexity index is 1130. The van der Waals surface area contributed by atoms with Crippen LogP contribution in [0, 0.1) is 0 Å². The second-order valence-electron chi connectivity index (χ2n) is 6.58. The first kappa shape index (κ1) is 19.3. The third-order valence-corrected chi connectivity index (χ3v) is 6.74. The Morgan fingerprint density at radius 3 is 2.61 bits per heavy atom. The van der Waals surface area contributed by atoms with E-state index in [-0.39, 0.29) is 5.91 Å². The third kappa shape index (κ3) is 3.51. The lowest BCUT2D eigenvalue weighted by Gasteiger charge is -2.20. The minimum absolute atomic E-state index is 0.193. The van der Waals surface area contributed by atoms with Crippen molar-refractivity contribution in [2.75, 3.05) is 5.32 Å². The number of hydrogen-bond acceptors (Lipinski definition) is 6. The molecule has 3 heterocycles. The number of amides is 1. The highest BCUT2D eigenvalue weighted by Crippen LogP contribution is 2.38. The SMILES string of the molecule is CC(C)(C(=O)Nc1nc2cnccc2s1)c1csc(-c2c(Cl)cccc2Cl)n1. The molecule has 0 bridgehead atoms. The average Bonchev–Trinajstić information content (AvgIpc) is 3.28. The van der Waals surface area contributed by atoms with Crippen molar-refractivity contribution in [3.8, 4) is 10.6 Å². The van der Waals surface area contributed by atoms with Gasteiger partial charge in [0.05, 0.1) is 32.1 Å². The Balaban J connectivity index is 1.61. The monoisotopic (exact) mass is 448 g/mol. The van der Waals surface area contributed by atoms with Gasteiger partial charge in [0.25, 0.3) is 0 Å². The number of fused-ring (bicyclic) bond motifs is 1. The molecule has 0 aliphatic carbocycles. The van der Waals surface area contributed by atoms with E-state index in [0.717, 1.165) is 10.2 Å². The largest absolute Gasteiger partial charge is 0.301 e. The maximum Gasteiger partial charge on any atom is 0.237 e. The van der Waals surface area contributed by atoms with Gasteiger partial charge in [-0.25, -0.2) is 9.97 Å². The van der Waals surface area contributed by atoms with Crippen LogP contribution in [0.25, 0.3) is 20.8 Å². The molecule has 0 unspecified atom stereocenters. The zero-order chi connectivity index (χ0) is 19.9. The van der Waals surface area contributed by atoms with Crippen molar-refractivity contribution in [3.05, 3.63) is 57.8 Å². The molecule has 1 aromatic carbocycles. The van der Waals surface area contributed by atoms with E-state index in [1.54, 1.807) is 30.6 Å². The third-order valence-electron chi connectivity index (χ3n) is 4.30. The van der Waals surface area contributed by atoms with Crippen molar-refractivity contribution in [1.82, 2.24) is 15.0 Å². The van der Waals surface area contributed by atoms with E-state index in [4.69, 9.17) is 23.2 Å². The number of benzene rings is 1. The van der Waals surface area contributed by atoms with Crippen molar-refractivity contribution in [2.24, 2.45) is 0 Å². The number of pyridine rings is 1. The quantitative estimate of drug-likeness (QED) is 0.413. The molecule has 0 spiro atoms. The van der Waals surface area contributed by atoms with Gasteiger partial charge in [-0.2, -0.15) is 0 Å². The normalized spacial score (nSPS) is 11.7. The van der Waals surface area contributed by atoms with Crippen LogP contribution in [-0.4, -0.2) is 20.9 Å². The van der Waals surface area contributed by atoms with Gasteiger partial charge in [0.1, 0.15) is 10.5 Å². The Hall–Kier alpha value is -2.06. The van der Waals surface area contributed by atoms with Crippen LogP contribution in [0.5, 0.6) is 0 Å². The Kier molecular flexibility index (Phi) is 5.09. The zero-order valence-electron chi connectivity index (χ0n) is 14.9. The van der Waals surface area contributed by atoms with Crippen molar-refractivity contribution in [3.63, 3.8) is 0 Å². The van der Waals surface area contributed by atoms with E-state index < -0.39 is 5.41 Å². The topological polar surface area (TPSA) is 67.8 Å². The van der Waals surface area contributed by atoms with Crippen LogP contribution in [0.2, 0.25) is 10.0 Å². The van der Waals surface area contributed by atoms with Crippen LogP contribution in [-0.2, 0) is 10.2 Å². The lowest BCUT2D eigenvalue weighted by Crippen LogP contribution is -2.35. The van der Waals surface area contributed by atoms with E-state index in [9.17, 15) is 4.79 Å². The fourth-order valence-electron chi connectivity index (χ4n) is 2.58. The van der Waals surface area contributed by atoms with Crippen molar-refractivity contribution >= 4 is 67.1 Å². The van der Waals surface area contributed by atoms with Crippen LogP contribution in [0.1, 0.15) is 19.5 Å². The summed E-state index contributed by atoms with van der Waals surface area (Å²) in [6, 6.07) is 7.19. The Morgan fingerprint density at radius 2 is 1.89 bits per heavy atom. The number of thiazole rings is 2. The molecular weight excluding hydrogens is 435 g/mol. The summed E-state index contributed by atoms with van der Waals surface area (Å²) < 4.78 is 0.965. The average molecular weight is 449 g/mol. The van der Waals surface area contributed by atoms with E-state index in [2.05, 4.69) is 20.3 Å². The van der Waals surface area contributed by atoms with Gasteiger partial charge >= 0.3 is 0 Å². The summed E-state index contributed by atoms with van der Waals surface area (Å²) in [6.45, 7) is 3.65. The van der Waals surface area contributed by atoms with Crippen LogP contribution in [0.4, 0.5) is 5.13 Å². The van der Waals surface area contributed by atoms with Gasteiger partial charge in [0.15, 0.2) is 5.13 Å². The number of carbonyl (C=O) groups is 1. The molecule has 0 saturated heterocycles. The smallest absolute Gasteiger partial charge is 0.237 e. The minimum atomic E-state index is -0.863. The molecule has 0 saturated carbocycles. The number of rotatable bonds is 4. The minimum Gasteiger partial charge on any atom is -0.301 e. The van der Waals surface area contributed by atoms with Crippen LogP contribution >= 0.6 is 45.9 Å². The predicted octanol–water partition coefficient (Wildman–Crippen LogP) is 6.04. The number of nitrogens with one attached hydrogen (secondary N) is 1. The highest BCUT2D eigenvalue weighted by Gasteiger charge is 2.33. The second-order valence-corrected chi connectivity index (χ2v) is 9.28. The summed E-state index contributed by atoms with van der Waals surface area (Å²) >= 11 is 15.4. The van der Waals surface area contributed by atoms with Crippen molar-refractivity contribution in [2.45, 2.75) is 19.3 Å². The van der Waals surface area contributed by atoms with Crippen LogP contribution in [0.15, 0.2) is 42.0 Å². The van der Waals surface area contributed by atoms with Gasteiger partial charge in [-0.3, -0.25) is 9.78 Å². The maximum atomic E-state index is 12.9. The van der Waals surface area contributed by atoms with Gasteiger partial charge in [0.2, 0.25) is 5.91 Å². The number of halogens is 2. The lowest BCUT2D eigenvalue weighted by molar-refractivity contribution is -0.120. The number of carbonyl (C=O) groups excluding carboxylic acids is 1. The lowest BCUT2D eigenvalue weighted by atomic mass is 9.89. The first-order valence-electron chi connectivity index (χ1n) is 8.28. The molecule has 0 fully saturated rings. The Labute approximate surface area is 179 Å². The van der Waals surface area contributed by atoms with Gasteiger partial charge in [0, 0.05) is 17.1 Å². The Morgan fingerprint density at radius 1 is 1.14 bits per heavy atom. The second kappa shape index (κ2) is 7.40. The molecular formula is C19H14Cl2N4OS2. The van der Waals surface area contributed by atoms with E-state index >= 15 is 0 Å². The molecule has 4 aromatic rings. The summed E-state index contributed by atoms with van der Waals surface area (Å²) in [7, 11) is 0. The molecule has 142 valence electrons. The highest BCUT2D eigenvalue weighted by molar-refractivity contribution is 7.22. The first-order valence-corrected chi connectivity index (χ1v) is 10.7. The molecule has 9 heteroatoms. The predicted molar refractivity (Wildman–Crippen MR) is 117 cm³/mol. The first-order chi connectivity index (χ1) is 13.4. The number of anilines is 1. The van der Waals surface area contributed by atoms with Crippen molar-refractivity contribution in [1.29, 1.82) is 0 Å². The standard InChI is InChI=1S/C19H14Cl2N4OS2/c1-19(2,17(26)25-18-23-12-8-22-7-6-13(12)28-18)14-9-27-16(24-14)15-10(20)4-3-5-11(15)21/h3-9H,1-2H3,(H,23,25,26).